The molecule has 0 aliphatic heterocycles. The number of carbonyl (C=O) groups excluding carboxylic acids is 1. The van der Waals surface area contributed by atoms with Gasteiger partial charge in [-0.15, -0.1) is 0 Å². The number of nitrogens with one attached hydrogen (secondary N) is 1. The topological polar surface area (TPSA) is 75.9 Å². The molecule has 0 saturated carbocycles. The molecule has 0 saturated heterocycles. The number of hydrogen-bond acceptors (Lipinski definition) is 4. The van der Waals surface area contributed by atoms with Gasteiger partial charge in [-0.3, -0.25) is 5.32 Å². The fraction of sp³-hybridized carbons (Fsp3) is 0.333. The lowest BCUT2D eigenvalue weighted by molar-refractivity contribution is 0.187. The average Bonchev–Trinajstić information content (AvgIpc) is 2.37. The van der Waals surface area contributed by atoms with Gasteiger partial charge in [-0.2, -0.15) is 0 Å². The zero-order valence-corrected chi connectivity index (χ0v) is 12.7. The number of aromatic nitrogens is 1. The summed E-state index contributed by atoms with van der Waals surface area (Å²) < 4.78 is 4.49. The van der Waals surface area contributed by atoms with E-state index in [2.05, 4.69) is 25.0 Å². The van der Waals surface area contributed by atoms with E-state index >= 15 is 0 Å². The van der Waals surface area contributed by atoms with Crippen LogP contribution in [0.25, 0.3) is 0 Å². The molecule has 1 aromatic rings. The van der Waals surface area contributed by atoms with Crippen LogP contribution in [0.1, 0.15) is 19.5 Å². The number of rotatable bonds is 3. The van der Waals surface area contributed by atoms with Crippen LogP contribution in [0.5, 0.6) is 0 Å². The summed E-state index contributed by atoms with van der Waals surface area (Å²) in [6, 6.07) is 5.08. The average molecular weight is 317 g/mol. The quantitative estimate of drug-likeness (QED) is 0.402. The molecule has 0 radical (unpaired) electrons. The van der Waals surface area contributed by atoms with E-state index in [0.717, 1.165) is 0 Å². The van der Waals surface area contributed by atoms with Crippen molar-refractivity contribution in [3.8, 4) is 0 Å². The van der Waals surface area contributed by atoms with E-state index in [9.17, 15) is 4.79 Å². The highest BCUT2D eigenvalue weighted by molar-refractivity contribution is 6.66. The van der Waals surface area contributed by atoms with E-state index in [1.807, 2.05) is 0 Å². The maximum atomic E-state index is 11.1. The highest BCUT2D eigenvalue weighted by Gasteiger charge is 2.05. The van der Waals surface area contributed by atoms with Crippen LogP contribution in [0.2, 0.25) is 0 Å². The van der Waals surface area contributed by atoms with Crippen LogP contribution in [0.3, 0.4) is 0 Å². The largest absolute Gasteiger partial charge is 0.453 e. The molecule has 20 heavy (non-hydrogen) atoms. The van der Waals surface area contributed by atoms with Gasteiger partial charge in [-0.25, -0.2) is 19.8 Å². The lowest BCUT2D eigenvalue weighted by Crippen LogP contribution is -2.13. The summed E-state index contributed by atoms with van der Waals surface area (Å²) in [5.41, 5.74) is 0.637. The fourth-order valence-corrected chi connectivity index (χ4v) is 1.65. The second kappa shape index (κ2) is 7.81. The van der Waals surface area contributed by atoms with Crippen LogP contribution in [0, 0.1) is 0 Å². The molecule has 0 bridgehead atoms. The first kappa shape index (κ1) is 16.4. The third-order valence-corrected chi connectivity index (χ3v) is 2.36. The summed E-state index contributed by atoms with van der Waals surface area (Å²) in [6.45, 7) is 3.40. The normalized spacial score (nSPS) is 13.8. The van der Waals surface area contributed by atoms with E-state index in [0.29, 0.717) is 17.2 Å². The van der Waals surface area contributed by atoms with Crippen LogP contribution in [0.15, 0.2) is 28.2 Å². The molecule has 0 aliphatic carbocycles. The summed E-state index contributed by atoms with van der Waals surface area (Å²) in [4.78, 5) is 23.2. The number of anilines is 1. The predicted molar refractivity (Wildman–Crippen MR) is 81.1 cm³/mol. The van der Waals surface area contributed by atoms with Gasteiger partial charge in [0.1, 0.15) is 11.3 Å². The number of methoxy groups -OCH3 is 1. The Bertz CT molecular complexity index is 544. The second-order valence-electron chi connectivity index (χ2n) is 3.69. The predicted octanol–water partition coefficient (Wildman–Crippen LogP) is 3.25. The minimum Gasteiger partial charge on any atom is -0.453 e. The molecule has 1 atom stereocenters. The Morgan fingerprint density at radius 1 is 1.50 bits per heavy atom. The van der Waals surface area contributed by atoms with Crippen molar-refractivity contribution >= 4 is 46.1 Å². The monoisotopic (exact) mass is 316 g/mol. The van der Waals surface area contributed by atoms with Crippen molar-refractivity contribution in [3.63, 3.8) is 0 Å². The molecular weight excluding hydrogens is 303 g/mol. The van der Waals surface area contributed by atoms with Crippen molar-refractivity contribution < 1.29 is 9.53 Å². The number of carbonyl (C=O) groups is 1. The van der Waals surface area contributed by atoms with E-state index in [1.54, 1.807) is 32.0 Å². The Hall–Kier alpha value is -1.66. The molecule has 1 rings (SSSR count). The van der Waals surface area contributed by atoms with Gasteiger partial charge in [-0.05, 0) is 37.6 Å². The highest BCUT2D eigenvalue weighted by atomic mass is 35.5. The number of amides is 1. The molecule has 1 N–H and O–H groups in total. The standard InChI is InChI=1S/C12H14Cl2N4O2/c1-7(15-11(14)16-8(2)13)9-5-4-6-10(17-9)18-12(19)20-3/h4-6,8H,1-3H3,(H,17,18,19)/b15-7+,16-11-. The van der Waals surface area contributed by atoms with Gasteiger partial charge in [0.15, 0.2) is 0 Å². The van der Waals surface area contributed by atoms with Crippen LogP contribution in [-0.2, 0) is 4.74 Å². The second-order valence-corrected chi connectivity index (χ2v) is 4.66. The zero-order chi connectivity index (χ0) is 15.1. The molecule has 1 amide bonds. The molecule has 0 spiro atoms. The summed E-state index contributed by atoms with van der Waals surface area (Å²) in [6.07, 6.45) is -0.597. The molecule has 1 unspecified atom stereocenters. The van der Waals surface area contributed by atoms with Crippen molar-refractivity contribution in [1.29, 1.82) is 0 Å². The number of halogens is 2. The number of hydrogen-bond donors (Lipinski definition) is 1. The van der Waals surface area contributed by atoms with Gasteiger partial charge in [0.05, 0.1) is 18.5 Å². The fourth-order valence-electron chi connectivity index (χ4n) is 1.23. The zero-order valence-electron chi connectivity index (χ0n) is 11.2. The van der Waals surface area contributed by atoms with Crippen LogP contribution in [-0.4, -0.2) is 34.7 Å². The van der Waals surface area contributed by atoms with Crippen LogP contribution in [0.4, 0.5) is 10.6 Å². The number of ether oxygens (including phenoxy) is 1. The summed E-state index contributed by atoms with van der Waals surface area (Å²) in [5.74, 6) is 0.350. The summed E-state index contributed by atoms with van der Waals surface area (Å²) >= 11 is 11.5. The van der Waals surface area contributed by atoms with Gasteiger partial charge in [0.2, 0.25) is 5.29 Å². The third-order valence-electron chi connectivity index (χ3n) is 2.08. The van der Waals surface area contributed by atoms with Crippen LogP contribution >= 0.6 is 23.2 Å². The van der Waals surface area contributed by atoms with Crippen molar-refractivity contribution in [3.05, 3.63) is 23.9 Å². The number of aliphatic imine (C=N–C) groups is 2. The number of amidine groups is 1. The Labute approximate surface area is 126 Å². The van der Waals surface area contributed by atoms with E-state index in [-0.39, 0.29) is 5.29 Å². The Kier molecular flexibility index (Phi) is 6.41. The highest BCUT2D eigenvalue weighted by Crippen LogP contribution is 2.08. The number of nitrogens with zero attached hydrogens (tertiary/aromatic N) is 3. The summed E-state index contributed by atoms with van der Waals surface area (Å²) in [7, 11) is 1.27. The first-order chi connectivity index (χ1) is 9.42. The van der Waals surface area contributed by atoms with Crippen LogP contribution < -0.4 is 5.32 Å². The smallest absolute Gasteiger partial charge is 0.412 e. The number of alkyl halides is 1. The Morgan fingerprint density at radius 2 is 2.20 bits per heavy atom. The van der Waals surface area contributed by atoms with Gasteiger partial charge in [-0.1, -0.05) is 17.7 Å². The molecule has 0 aliphatic rings. The molecule has 0 aromatic carbocycles. The van der Waals surface area contributed by atoms with Crippen molar-refractivity contribution in [2.24, 2.45) is 9.98 Å². The van der Waals surface area contributed by atoms with E-state index < -0.39 is 11.6 Å². The maximum Gasteiger partial charge on any atom is 0.412 e. The van der Waals surface area contributed by atoms with Crippen molar-refractivity contribution in [2.45, 2.75) is 19.3 Å². The Balaban J connectivity index is 2.94. The minimum absolute atomic E-state index is 0.0399. The number of pyridine rings is 1. The van der Waals surface area contributed by atoms with E-state index in [4.69, 9.17) is 23.2 Å². The molecule has 108 valence electrons. The lowest BCUT2D eigenvalue weighted by Gasteiger charge is -2.05. The van der Waals surface area contributed by atoms with Gasteiger partial charge >= 0.3 is 6.09 Å². The van der Waals surface area contributed by atoms with Crippen molar-refractivity contribution in [2.75, 3.05) is 12.4 Å². The summed E-state index contributed by atoms with van der Waals surface area (Å²) in [5, 5.41) is 2.50. The Morgan fingerprint density at radius 3 is 2.80 bits per heavy atom. The van der Waals surface area contributed by atoms with E-state index in [1.165, 1.54) is 7.11 Å². The van der Waals surface area contributed by atoms with Gasteiger partial charge in [0.25, 0.3) is 0 Å². The lowest BCUT2D eigenvalue weighted by atomic mass is 10.2. The minimum atomic E-state index is -0.597. The molecule has 1 heterocycles. The third kappa shape index (κ3) is 5.54. The first-order valence-electron chi connectivity index (χ1n) is 5.67. The molecule has 8 heteroatoms. The maximum absolute atomic E-state index is 11.1. The molecular formula is C12H14Cl2N4O2. The molecule has 6 nitrogen and oxygen atoms in total. The SMILES string of the molecule is COC(=O)Nc1cccc(/C(C)=N/C(Cl)=N\C(C)Cl)n1. The van der Waals surface area contributed by atoms with Crippen molar-refractivity contribution in [1.82, 2.24) is 4.98 Å². The molecule has 0 fully saturated rings. The first-order valence-corrected chi connectivity index (χ1v) is 6.49. The van der Waals surface area contributed by atoms with Gasteiger partial charge in [0, 0.05) is 0 Å². The van der Waals surface area contributed by atoms with Gasteiger partial charge < -0.3 is 4.74 Å². The molecule has 1 aromatic heterocycles.